The molecule has 0 radical (unpaired) electrons. The summed E-state index contributed by atoms with van der Waals surface area (Å²) in [5.41, 5.74) is 0.723. The normalized spacial score (nSPS) is 13.8. The lowest BCUT2D eigenvalue weighted by Crippen LogP contribution is -2.31. The minimum atomic E-state index is 0.617. The van der Waals surface area contributed by atoms with Gasteiger partial charge in [-0.15, -0.1) is 11.3 Å². The van der Waals surface area contributed by atoms with Crippen LogP contribution < -0.4 is 15.2 Å². The van der Waals surface area contributed by atoms with Gasteiger partial charge in [0.15, 0.2) is 6.29 Å². The SMILES string of the molecule is O=Cc1csc2c1=CNCN=2. The monoisotopic (exact) mass is 166 g/mol. The molecule has 56 valence electrons. The van der Waals surface area contributed by atoms with Crippen molar-refractivity contribution in [1.82, 2.24) is 5.32 Å². The van der Waals surface area contributed by atoms with Crippen LogP contribution in [0.15, 0.2) is 10.4 Å². The number of rotatable bonds is 1. The number of aldehydes is 1. The molecule has 1 aliphatic heterocycles. The summed E-state index contributed by atoms with van der Waals surface area (Å²) in [6.45, 7) is 0.617. The van der Waals surface area contributed by atoms with E-state index in [4.69, 9.17) is 0 Å². The van der Waals surface area contributed by atoms with Crippen LogP contribution in [0.1, 0.15) is 10.4 Å². The predicted molar refractivity (Wildman–Crippen MR) is 43.0 cm³/mol. The van der Waals surface area contributed by atoms with Crippen LogP contribution in [0.3, 0.4) is 0 Å². The highest BCUT2D eigenvalue weighted by molar-refractivity contribution is 7.07. The molecule has 1 N–H and O–H groups in total. The van der Waals surface area contributed by atoms with Crippen molar-refractivity contribution in [3.05, 3.63) is 20.8 Å². The number of hydrogen-bond acceptors (Lipinski definition) is 4. The van der Waals surface area contributed by atoms with Gasteiger partial charge in [0.25, 0.3) is 0 Å². The fourth-order valence-corrected chi connectivity index (χ4v) is 1.86. The third-order valence-electron chi connectivity index (χ3n) is 1.53. The fraction of sp³-hybridized carbons (Fsp3) is 0.143. The van der Waals surface area contributed by atoms with E-state index in [9.17, 15) is 4.79 Å². The van der Waals surface area contributed by atoms with Crippen molar-refractivity contribution < 1.29 is 4.79 Å². The van der Waals surface area contributed by atoms with Gasteiger partial charge in [0.2, 0.25) is 0 Å². The standard InChI is InChI=1S/C7H6N2OS/c10-2-5-3-11-7-6(5)1-8-4-9-7/h1-3,8H,4H2. The molecule has 0 aromatic carbocycles. The largest absolute Gasteiger partial charge is 0.372 e. The molecule has 0 amide bonds. The smallest absolute Gasteiger partial charge is 0.151 e. The topological polar surface area (TPSA) is 41.5 Å². The van der Waals surface area contributed by atoms with Crippen LogP contribution in [0.5, 0.6) is 0 Å². The number of hydrogen-bond donors (Lipinski definition) is 1. The third kappa shape index (κ3) is 0.952. The van der Waals surface area contributed by atoms with Crippen LogP contribution in [0.25, 0.3) is 6.20 Å². The molecular formula is C7H6N2OS. The number of nitrogens with one attached hydrogen (secondary N) is 1. The van der Waals surface area contributed by atoms with E-state index in [1.165, 1.54) is 11.3 Å². The summed E-state index contributed by atoms with van der Waals surface area (Å²) in [5.74, 6) is 0. The lowest BCUT2D eigenvalue weighted by molar-refractivity contribution is 0.112. The van der Waals surface area contributed by atoms with Crippen LogP contribution >= 0.6 is 11.3 Å². The van der Waals surface area contributed by atoms with Crippen LogP contribution in [0.4, 0.5) is 0 Å². The van der Waals surface area contributed by atoms with Gasteiger partial charge in [0, 0.05) is 22.4 Å². The number of carbonyl (C=O) groups excluding carboxylic acids is 1. The van der Waals surface area contributed by atoms with E-state index < -0.39 is 0 Å². The zero-order valence-electron chi connectivity index (χ0n) is 5.70. The molecule has 0 saturated carbocycles. The van der Waals surface area contributed by atoms with Crippen molar-refractivity contribution in [2.75, 3.05) is 6.67 Å². The molecular weight excluding hydrogens is 160 g/mol. The summed E-state index contributed by atoms with van der Waals surface area (Å²) >= 11 is 1.51. The van der Waals surface area contributed by atoms with Crippen molar-refractivity contribution in [3.63, 3.8) is 0 Å². The van der Waals surface area contributed by atoms with Gasteiger partial charge in [0.05, 0.1) is 0 Å². The van der Waals surface area contributed by atoms with Gasteiger partial charge in [0.1, 0.15) is 11.3 Å². The van der Waals surface area contributed by atoms with Crippen LogP contribution in [0, 0.1) is 0 Å². The summed E-state index contributed by atoms with van der Waals surface area (Å²) in [6, 6.07) is 0. The summed E-state index contributed by atoms with van der Waals surface area (Å²) in [5, 5.41) is 5.71. The first-order valence-corrected chi connectivity index (χ1v) is 4.10. The number of carbonyl (C=O) groups is 1. The highest BCUT2D eigenvalue weighted by Gasteiger charge is 2.00. The van der Waals surface area contributed by atoms with E-state index >= 15 is 0 Å². The molecule has 0 unspecified atom stereocenters. The highest BCUT2D eigenvalue weighted by atomic mass is 32.1. The van der Waals surface area contributed by atoms with Gasteiger partial charge in [-0.2, -0.15) is 0 Å². The van der Waals surface area contributed by atoms with Crippen molar-refractivity contribution in [3.8, 4) is 0 Å². The Bertz CT molecular complexity index is 393. The average Bonchev–Trinajstić information content (AvgIpc) is 2.47. The van der Waals surface area contributed by atoms with Gasteiger partial charge >= 0.3 is 0 Å². The molecule has 11 heavy (non-hydrogen) atoms. The van der Waals surface area contributed by atoms with E-state index in [1.807, 2.05) is 11.6 Å². The molecule has 0 atom stereocenters. The molecule has 1 aliphatic rings. The summed E-state index contributed by atoms with van der Waals surface area (Å²) < 4.78 is 0.950. The van der Waals surface area contributed by atoms with Gasteiger partial charge in [-0.25, -0.2) is 0 Å². The zero-order valence-corrected chi connectivity index (χ0v) is 6.52. The third-order valence-corrected chi connectivity index (χ3v) is 2.47. The maximum absolute atomic E-state index is 10.5. The molecule has 2 rings (SSSR count). The van der Waals surface area contributed by atoms with Crippen molar-refractivity contribution in [2.24, 2.45) is 4.99 Å². The van der Waals surface area contributed by atoms with E-state index in [-0.39, 0.29) is 0 Å². The van der Waals surface area contributed by atoms with Crippen molar-refractivity contribution >= 4 is 23.8 Å². The second-order valence-electron chi connectivity index (χ2n) is 2.19. The lowest BCUT2D eigenvalue weighted by Gasteiger charge is -1.97. The molecule has 0 aliphatic carbocycles. The molecule has 1 aromatic heterocycles. The molecule has 0 fully saturated rings. The second kappa shape index (κ2) is 2.47. The van der Waals surface area contributed by atoms with Crippen molar-refractivity contribution in [1.29, 1.82) is 0 Å². The molecule has 1 aromatic rings. The molecule has 0 saturated heterocycles. The summed E-state index contributed by atoms with van der Waals surface area (Å²) in [7, 11) is 0. The van der Waals surface area contributed by atoms with Gasteiger partial charge in [-0.05, 0) is 0 Å². The average molecular weight is 166 g/mol. The first kappa shape index (κ1) is 6.54. The fourth-order valence-electron chi connectivity index (χ4n) is 0.994. The first-order chi connectivity index (χ1) is 5.42. The quantitative estimate of drug-likeness (QED) is 0.570. The summed E-state index contributed by atoms with van der Waals surface area (Å²) in [6.07, 6.45) is 2.69. The van der Waals surface area contributed by atoms with Gasteiger partial charge in [-0.1, -0.05) is 0 Å². The number of fused-ring (bicyclic) bond motifs is 1. The Labute approximate surface area is 67.1 Å². The van der Waals surface area contributed by atoms with E-state index in [2.05, 4.69) is 10.3 Å². The zero-order chi connectivity index (χ0) is 7.68. The Hall–Kier alpha value is -1.16. The van der Waals surface area contributed by atoms with Crippen LogP contribution in [0.2, 0.25) is 0 Å². The Morgan fingerprint density at radius 3 is 3.45 bits per heavy atom. The van der Waals surface area contributed by atoms with Crippen molar-refractivity contribution in [2.45, 2.75) is 0 Å². The second-order valence-corrected chi connectivity index (χ2v) is 3.05. The van der Waals surface area contributed by atoms with E-state index in [0.717, 1.165) is 21.7 Å². The summed E-state index contributed by atoms with van der Waals surface area (Å²) in [4.78, 5) is 14.6. The minimum Gasteiger partial charge on any atom is -0.372 e. The predicted octanol–water partition coefficient (Wildman–Crippen LogP) is -0.521. The van der Waals surface area contributed by atoms with Crippen LogP contribution in [-0.2, 0) is 0 Å². The Morgan fingerprint density at radius 2 is 2.64 bits per heavy atom. The van der Waals surface area contributed by atoms with E-state index in [0.29, 0.717) is 6.67 Å². The molecule has 3 nitrogen and oxygen atoms in total. The van der Waals surface area contributed by atoms with Gasteiger partial charge < -0.3 is 5.32 Å². The number of thiophene rings is 1. The highest BCUT2D eigenvalue weighted by Crippen LogP contribution is 1.91. The van der Waals surface area contributed by atoms with E-state index in [1.54, 1.807) is 0 Å². The molecule has 0 spiro atoms. The minimum absolute atomic E-state index is 0.617. The molecule has 2 heterocycles. The number of nitrogens with zero attached hydrogens (tertiary/aromatic N) is 1. The first-order valence-electron chi connectivity index (χ1n) is 3.22. The lowest BCUT2D eigenvalue weighted by atomic mass is 10.3. The Morgan fingerprint density at radius 1 is 1.73 bits per heavy atom. The maximum Gasteiger partial charge on any atom is 0.151 e. The van der Waals surface area contributed by atoms with Crippen LogP contribution in [-0.4, -0.2) is 13.0 Å². The maximum atomic E-state index is 10.5. The Kier molecular flexibility index (Phi) is 1.47. The van der Waals surface area contributed by atoms with Gasteiger partial charge in [-0.3, -0.25) is 9.79 Å². The molecule has 4 heteroatoms. The molecule has 0 bridgehead atoms. The Balaban J connectivity index is 2.83.